The molecule has 2 N–H and O–H groups in total. The number of benzene rings is 1. The minimum Gasteiger partial charge on any atom is -0.483 e. The number of carboxylic acid groups (broad SMARTS) is 1. The van der Waals surface area contributed by atoms with Gasteiger partial charge in [-0.05, 0) is 43.5 Å². The number of aliphatic carboxylic acids is 1. The van der Waals surface area contributed by atoms with Crippen molar-refractivity contribution in [1.82, 2.24) is 5.32 Å². The number of hydrogen-bond acceptors (Lipinski definition) is 3. The Morgan fingerprint density at radius 2 is 1.90 bits per heavy atom. The summed E-state index contributed by atoms with van der Waals surface area (Å²) < 4.78 is 6.48. The van der Waals surface area contributed by atoms with Crippen molar-refractivity contribution in [2.24, 2.45) is 0 Å². The van der Waals surface area contributed by atoms with Gasteiger partial charge in [0, 0.05) is 17.4 Å². The van der Waals surface area contributed by atoms with E-state index in [1.165, 1.54) is 0 Å². The van der Waals surface area contributed by atoms with E-state index in [0.29, 0.717) is 18.7 Å². The van der Waals surface area contributed by atoms with E-state index in [1.807, 2.05) is 26.0 Å². The highest BCUT2D eigenvalue weighted by molar-refractivity contribution is 9.10. The molecule has 1 rings (SSSR count). The molecule has 1 aromatic rings. The van der Waals surface area contributed by atoms with Crippen LogP contribution in [0.15, 0.2) is 16.6 Å². The van der Waals surface area contributed by atoms with Crippen LogP contribution in [0.4, 0.5) is 0 Å². The molecular formula is C14H18BrNO4. The number of carboxylic acids is 1. The van der Waals surface area contributed by atoms with Crippen molar-refractivity contribution in [3.8, 4) is 5.75 Å². The number of rotatable bonds is 7. The third kappa shape index (κ3) is 5.61. The largest absolute Gasteiger partial charge is 0.483 e. The minimum absolute atomic E-state index is 0.0477. The SMILES string of the molecule is Cc1cc(Br)cc(C)c1OCC(=O)NCCCC(=O)O. The quantitative estimate of drug-likeness (QED) is 0.745. The molecule has 0 aromatic heterocycles. The molecule has 0 aliphatic rings. The number of halogens is 1. The highest BCUT2D eigenvalue weighted by atomic mass is 79.9. The van der Waals surface area contributed by atoms with Crippen LogP contribution in [0.3, 0.4) is 0 Å². The van der Waals surface area contributed by atoms with Gasteiger partial charge in [-0.2, -0.15) is 0 Å². The van der Waals surface area contributed by atoms with Gasteiger partial charge in [-0.25, -0.2) is 0 Å². The highest BCUT2D eigenvalue weighted by Gasteiger charge is 2.08. The second-order valence-corrected chi connectivity index (χ2v) is 5.42. The van der Waals surface area contributed by atoms with Gasteiger partial charge in [0.1, 0.15) is 5.75 Å². The fraction of sp³-hybridized carbons (Fsp3) is 0.429. The van der Waals surface area contributed by atoms with Crippen LogP contribution < -0.4 is 10.1 Å². The molecule has 0 aliphatic heterocycles. The fourth-order valence-electron chi connectivity index (χ4n) is 1.78. The van der Waals surface area contributed by atoms with Crippen LogP contribution in [0.25, 0.3) is 0 Å². The van der Waals surface area contributed by atoms with E-state index < -0.39 is 5.97 Å². The molecule has 0 saturated heterocycles. The maximum absolute atomic E-state index is 11.6. The van der Waals surface area contributed by atoms with Crippen molar-refractivity contribution in [3.05, 3.63) is 27.7 Å². The van der Waals surface area contributed by atoms with Crippen LogP contribution in [-0.2, 0) is 9.59 Å². The number of aryl methyl sites for hydroxylation is 2. The molecule has 0 atom stereocenters. The summed E-state index contributed by atoms with van der Waals surface area (Å²) in [6.07, 6.45) is 0.462. The summed E-state index contributed by atoms with van der Waals surface area (Å²) in [6, 6.07) is 3.85. The van der Waals surface area contributed by atoms with Gasteiger partial charge in [-0.3, -0.25) is 9.59 Å². The molecule has 6 heteroatoms. The number of hydrogen-bond donors (Lipinski definition) is 2. The van der Waals surface area contributed by atoms with Gasteiger partial charge < -0.3 is 15.2 Å². The van der Waals surface area contributed by atoms with Gasteiger partial charge in [-0.1, -0.05) is 15.9 Å². The zero-order valence-electron chi connectivity index (χ0n) is 11.5. The first-order valence-corrected chi connectivity index (χ1v) is 7.07. The summed E-state index contributed by atoms with van der Waals surface area (Å²) in [5.74, 6) is -0.414. The second kappa shape index (κ2) is 7.89. The lowest BCUT2D eigenvalue weighted by Gasteiger charge is -2.12. The molecule has 0 aliphatic carbocycles. The molecule has 5 nitrogen and oxygen atoms in total. The maximum Gasteiger partial charge on any atom is 0.303 e. The Morgan fingerprint density at radius 1 is 1.30 bits per heavy atom. The van der Waals surface area contributed by atoms with Crippen molar-refractivity contribution in [2.45, 2.75) is 26.7 Å². The van der Waals surface area contributed by atoms with Crippen molar-refractivity contribution in [3.63, 3.8) is 0 Å². The molecule has 1 amide bonds. The van der Waals surface area contributed by atoms with Gasteiger partial charge in [-0.15, -0.1) is 0 Å². The topological polar surface area (TPSA) is 75.6 Å². The summed E-state index contributed by atoms with van der Waals surface area (Å²) in [7, 11) is 0. The Labute approximate surface area is 126 Å². The monoisotopic (exact) mass is 343 g/mol. The molecule has 0 radical (unpaired) electrons. The molecule has 0 bridgehead atoms. The molecular weight excluding hydrogens is 326 g/mol. The Morgan fingerprint density at radius 3 is 2.45 bits per heavy atom. The van der Waals surface area contributed by atoms with Crippen molar-refractivity contribution in [1.29, 1.82) is 0 Å². The van der Waals surface area contributed by atoms with E-state index in [-0.39, 0.29) is 18.9 Å². The lowest BCUT2D eigenvalue weighted by molar-refractivity contribution is -0.137. The van der Waals surface area contributed by atoms with Gasteiger partial charge in [0.15, 0.2) is 6.61 Å². The molecule has 0 spiro atoms. The molecule has 0 heterocycles. The third-order valence-electron chi connectivity index (χ3n) is 2.66. The van der Waals surface area contributed by atoms with Crippen LogP contribution >= 0.6 is 15.9 Å². The Kier molecular flexibility index (Phi) is 6.51. The van der Waals surface area contributed by atoms with Crippen LogP contribution in [0.2, 0.25) is 0 Å². The van der Waals surface area contributed by atoms with Gasteiger partial charge in [0.2, 0.25) is 0 Å². The van der Waals surface area contributed by atoms with Crippen LogP contribution in [0.1, 0.15) is 24.0 Å². The summed E-state index contributed by atoms with van der Waals surface area (Å²) in [4.78, 5) is 21.9. The van der Waals surface area contributed by atoms with Crippen LogP contribution in [-0.4, -0.2) is 30.1 Å². The third-order valence-corrected chi connectivity index (χ3v) is 3.12. The molecule has 1 aromatic carbocycles. The first-order valence-electron chi connectivity index (χ1n) is 6.28. The van der Waals surface area contributed by atoms with E-state index in [1.54, 1.807) is 0 Å². The number of carbonyl (C=O) groups excluding carboxylic acids is 1. The fourth-order valence-corrected chi connectivity index (χ4v) is 2.47. The average Bonchev–Trinajstić information content (AvgIpc) is 2.33. The summed E-state index contributed by atoms with van der Waals surface area (Å²) >= 11 is 3.40. The Bertz CT molecular complexity index is 479. The van der Waals surface area contributed by atoms with Crippen LogP contribution in [0, 0.1) is 13.8 Å². The number of nitrogens with one attached hydrogen (secondary N) is 1. The Balaban J connectivity index is 2.40. The molecule has 20 heavy (non-hydrogen) atoms. The van der Waals surface area contributed by atoms with E-state index in [9.17, 15) is 9.59 Å². The van der Waals surface area contributed by atoms with Crippen molar-refractivity contribution < 1.29 is 19.4 Å². The highest BCUT2D eigenvalue weighted by Crippen LogP contribution is 2.27. The lowest BCUT2D eigenvalue weighted by atomic mass is 10.1. The summed E-state index contributed by atoms with van der Waals surface area (Å²) in [5.41, 5.74) is 1.91. The average molecular weight is 344 g/mol. The van der Waals surface area contributed by atoms with Crippen molar-refractivity contribution >= 4 is 27.8 Å². The normalized spacial score (nSPS) is 10.2. The predicted octanol–water partition coefficient (Wildman–Crippen LogP) is 2.43. The molecule has 0 unspecified atom stereocenters. The van der Waals surface area contributed by atoms with E-state index in [4.69, 9.17) is 9.84 Å². The standard InChI is InChI=1S/C14H18BrNO4/c1-9-6-11(15)7-10(2)14(9)20-8-12(17)16-5-3-4-13(18)19/h6-7H,3-5,8H2,1-2H3,(H,16,17)(H,18,19). The van der Waals surface area contributed by atoms with Crippen molar-refractivity contribution in [2.75, 3.05) is 13.2 Å². The lowest BCUT2D eigenvalue weighted by Crippen LogP contribution is -2.30. The summed E-state index contributed by atoms with van der Waals surface area (Å²) in [6.45, 7) is 4.10. The van der Waals surface area contributed by atoms with Crippen LogP contribution in [0.5, 0.6) is 5.75 Å². The van der Waals surface area contributed by atoms with Gasteiger partial charge in [0.05, 0.1) is 0 Å². The first-order chi connectivity index (χ1) is 9.40. The van der Waals surface area contributed by atoms with E-state index in [0.717, 1.165) is 15.6 Å². The van der Waals surface area contributed by atoms with E-state index >= 15 is 0 Å². The summed E-state index contributed by atoms with van der Waals surface area (Å²) in [5, 5.41) is 11.1. The molecule has 110 valence electrons. The smallest absolute Gasteiger partial charge is 0.303 e. The van der Waals surface area contributed by atoms with Gasteiger partial charge in [0.25, 0.3) is 5.91 Å². The Hall–Kier alpha value is -1.56. The van der Waals surface area contributed by atoms with Gasteiger partial charge >= 0.3 is 5.97 Å². The predicted molar refractivity (Wildman–Crippen MR) is 79.0 cm³/mol. The molecule has 0 saturated carbocycles. The second-order valence-electron chi connectivity index (χ2n) is 4.50. The zero-order chi connectivity index (χ0) is 15.1. The number of carbonyl (C=O) groups is 2. The number of amides is 1. The first kappa shape index (κ1) is 16.5. The zero-order valence-corrected chi connectivity index (χ0v) is 13.1. The maximum atomic E-state index is 11.6. The number of ether oxygens (including phenoxy) is 1. The van der Waals surface area contributed by atoms with E-state index in [2.05, 4.69) is 21.2 Å². The minimum atomic E-state index is -0.864. The molecule has 0 fully saturated rings.